The standard InChI is InChI=1S/C17H15F5N4O.CH4/c18-9-1-2-13(11(5-9)17(20,21)22)26-10-6-12(19)14(24-7-10)8-25-15(27)16(23)3-4-16;/h1-2,5-7,26H,3-4,8,23H2,(H,25,27);1H4. The lowest BCUT2D eigenvalue weighted by molar-refractivity contribution is -0.137. The van der Waals surface area contributed by atoms with Gasteiger partial charge in [0.2, 0.25) is 5.91 Å². The van der Waals surface area contributed by atoms with Crippen LogP contribution in [0.15, 0.2) is 30.5 Å². The third kappa shape index (κ3) is 4.75. The Kier molecular flexibility index (Phi) is 5.93. The van der Waals surface area contributed by atoms with E-state index in [0.29, 0.717) is 18.9 Å². The molecule has 1 aromatic heterocycles. The van der Waals surface area contributed by atoms with E-state index in [9.17, 15) is 26.7 Å². The number of alkyl halides is 3. The first-order chi connectivity index (χ1) is 12.6. The fourth-order valence-electron chi connectivity index (χ4n) is 2.38. The highest BCUT2D eigenvalue weighted by Crippen LogP contribution is 2.36. The summed E-state index contributed by atoms with van der Waals surface area (Å²) in [5.74, 6) is -2.28. The Morgan fingerprint density at radius 2 is 1.89 bits per heavy atom. The average molecular weight is 402 g/mol. The quantitative estimate of drug-likeness (QED) is 0.664. The number of carbonyl (C=O) groups excluding carboxylic acids is 1. The Bertz CT molecular complexity index is 881. The van der Waals surface area contributed by atoms with Crippen molar-refractivity contribution in [3.8, 4) is 0 Å². The zero-order valence-electron chi connectivity index (χ0n) is 13.8. The van der Waals surface area contributed by atoms with E-state index in [1.807, 2.05) is 0 Å². The van der Waals surface area contributed by atoms with E-state index in [-0.39, 0.29) is 25.4 Å². The van der Waals surface area contributed by atoms with Gasteiger partial charge < -0.3 is 16.4 Å². The number of nitrogens with zero attached hydrogens (tertiary/aromatic N) is 1. The number of anilines is 2. The summed E-state index contributed by atoms with van der Waals surface area (Å²) in [5, 5.41) is 4.85. The number of hydrogen-bond donors (Lipinski definition) is 3. The van der Waals surface area contributed by atoms with E-state index in [1.54, 1.807) is 0 Å². The minimum Gasteiger partial charge on any atom is -0.354 e. The van der Waals surface area contributed by atoms with Crippen LogP contribution in [0.4, 0.5) is 33.3 Å². The average Bonchev–Trinajstić information content (AvgIpc) is 3.33. The maximum Gasteiger partial charge on any atom is 0.418 e. The van der Waals surface area contributed by atoms with E-state index in [1.165, 1.54) is 0 Å². The van der Waals surface area contributed by atoms with Gasteiger partial charge in [-0.15, -0.1) is 0 Å². The number of pyridine rings is 1. The summed E-state index contributed by atoms with van der Waals surface area (Å²) in [5.41, 5.74) is 2.99. The fraction of sp³-hybridized carbons (Fsp3) is 0.333. The van der Waals surface area contributed by atoms with Crippen molar-refractivity contribution in [2.45, 2.75) is 38.5 Å². The minimum atomic E-state index is -4.79. The number of amides is 1. The van der Waals surface area contributed by atoms with Crippen molar-refractivity contribution in [3.63, 3.8) is 0 Å². The van der Waals surface area contributed by atoms with Gasteiger partial charge in [-0.05, 0) is 31.0 Å². The lowest BCUT2D eigenvalue weighted by atomic mass is 10.1. The van der Waals surface area contributed by atoms with Gasteiger partial charge in [0.1, 0.15) is 11.6 Å². The predicted octanol–water partition coefficient (Wildman–Crippen LogP) is 3.87. The first-order valence-corrected chi connectivity index (χ1v) is 7.94. The van der Waals surface area contributed by atoms with Gasteiger partial charge in [-0.3, -0.25) is 9.78 Å². The van der Waals surface area contributed by atoms with Gasteiger partial charge in [0.15, 0.2) is 0 Å². The minimum absolute atomic E-state index is 0. The van der Waals surface area contributed by atoms with Crippen LogP contribution >= 0.6 is 0 Å². The summed E-state index contributed by atoms with van der Waals surface area (Å²) >= 11 is 0. The Balaban J connectivity index is 0.00000280. The summed E-state index contributed by atoms with van der Waals surface area (Å²) in [4.78, 5) is 15.6. The molecule has 0 unspecified atom stereocenters. The summed E-state index contributed by atoms with van der Waals surface area (Å²) < 4.78 is 66.3. The van der Waals surface area contributed by atoms with E-state index in [4.69, 9.17) is 5.73 Å². The van der Waals surface area contributed by atoms with Crippen LogP contribution in [0.5, 0.6) is 0 Å². The van der Waals surface area contributed by atoms with Crippen molar-refractivity contribution in [2.75, 3.05) is 5.32 Å². The zero-order chi connectivity index (χ0) is 19.8. The molecule has 3 rings (SSSR count). The number of nitrogens with one attached hydrogen (secondary N) is 2. The van der Waals surface area contributed by atoms with Crippen LogP contribution in [0.2, 0.25) is 0 Å². The summed E-state index contributed by atoms with van der Waals surface area (Å²) in [6, 6.07) is 3.04. The number of carbonyl (C=O) groups is 1. The molecule has 1 amide bonds. The van der Waals surface area contributed by atoms with Crippen LogP contribution in [0.1, 0.15) is 31.5 Å². The molecule has 0 bridgehead atoms. The molecule has 1 fully saturated rings. The molecule has 1 aromatic carbocycles. The van der Waals surface area contributed by atoms with Gasteiger partial charge in [0.25, 0.3) is 0 Å². The van der Waals surface area contributed by atoms with Crippen LogP contribution in [-0.2, 0) is 17.5 Å². The zero-order valence-corrected chi connectivity index (χ0v) is 13.8. The second-order valence-electron chi connectivity index (χ2n) is 6.30. The highest BCUT2D eigenvalue weighted by molar-refractivity contribution is 5.88. The number of halogens is 5. The van der Waals surface area contributed by atoms with Crippen LogP contribution < -0.4 is 16.4 Å². The smallest absolute Gasteiger partial charge is 0.354 e. The lowest BCUT2D eigenvalue weighted by Crippen LogP contribution is -2.42. The highest BCUT2D eigenvalue weighted by Gasteiger charge is 2.45. The molecule has 152 valence electrons. The van der Waals surface area contributed by atoms with Crippen molar-refractivity contribution in [2.24, 2.45) is 5.73 Å². The SMILES string of the molecule is C.NC1(C(=O)NCc2ncc(Nc3ccc(F)cc3C(F)(F)F)cc2F)CC1. The largest absolute Gasteiger partial charge is 0.418 e. The molecule has 10 heteroatoms. The number of aromatic nitrogens is 1. The topological polar surface area (TPSA) is 80.0 Å². The molecule has 0 spiro atoms. The third-order valence-corrected chi connectivity index (χ3v) is 4.14. The van der Waals surface area contributed by atoms with Gasteiger partial charge >= 0.3 is 6.18 Å². The van der Waals surface area contributed by atoms with Gasteiger partial charge in [0.05, 0.1) is 40.9 Å². The first-order valence-electron chi connectivity index (χ1n) is 7.94. The van der Waals surface area contributed by atoms with Crippen LogP contribution in [-0.4, -0.2) is 16.4 Å². The monoisotopic (exact) mass is 402 g/mol. The van der Waals surface area contributed by atoms with Crippen LogP contribution in [0, 0.1) is 11.6 Å². The van der Waals surface area contributed by atoms with Gasteiger partial charge in [-0.1, -0.05) is 7.43 Å². The molecule has 0 atom stereocenters. The molecule has 1 aliphatic rings. The molecule has 1 saturated carbocycles. The normalized spacial score (nSPS) is 14.8. The maximum absolute atomic E-state index is 14.1. The maximum atomic E-state index is 14.1. The first kappa shape index (κ1) is 21.5. The van der Waals surface area contributed by atoms with Gasteiger partial charge in [-0.2, -0.15) is 13.2 Å². The second-order valence-corrected chi connectivity index (χ2v) is 6.30. The van der Waals surface area contributed by atoms with Crippen molar-refractivity contribution in [1.29, 1.82) is 0 Å². The lowest BCUT2D eigenvalue weighted by Gasteiger charge is -2.15. The number of rotatable bonds is 5. The molecule has 1 aliphatic carbocycles. The Hall–Kier alpha value is -2.75. The number of benzene rings is 1. The molecular formula is C18H19F5N4O. The number of hydrogen-bond acceptors (Lipinski definition) is 4. The van der Waals surface area contributed by atoms with E-state index in [2.05, 4.69) is 15.6 Å². The predicted molar refractivity (Wildman–Crippen MR) is 93.6 cm³/mol. The molecular weight excluding hydrogens is 383 g/mol. The molecule has 5 nitrogen and oxygen atoms in total. The van der Waals surface area contributed by atoms with Crippen molar-refractivity contribution >= 4 is 17.3 Å². The van der Waals surface area contributed by atoms with Crippen LogP contribution in [0.25, 0.3) is 0 Å². The van der Waals surface area contributed by atoms with Gasteiger partial charge in [0, 0.05) is 6.07 Å². The van der Waals surface area contributed by atoms with E-state index >= 15 is 0 Å². The van der Waals surface area contributed by atoms with E-state index in [0.717, 1.165) is 24.4 Å². The Labute approximate surface area is 158 Å². The summed E-state index contributed by atoms with van der Waals surface area (Å²) in [7, 11) is 0. The Morgan fingerprint density at radius 1 is 1.21 bits per heavy atom. The molecule has 0 saturated heterocycles. The van der Waals surface area contributed by atoms with Crippen molar-refractivity contribution in [3.05, 3.63) is 53.4 Å². The summed E-state index contributed by atoms with van der Waals surface area (Å²) in [6.07, 6.45) is -2.57. The molecule has 0 radical (unpaired) electrons. The number of nitrogens with two attached hydrogens (primary N) is 1. The molecule has 2 aromatic rings. The van der Waals surface area contributed by atoms with Crippen molar-refractivity contribution in [1.82, 2.24) is 10.3 Å². The molecule has 1 heterocycles. The highest BCUT2D eigenvalue weighted by atomic mass is 19.4. The molecule has 4 N–H and O–H groups in total. The molecule has 28 heavy (non-hydrogen) atoms. The van der Waals surface area contributed by atoms with Crippen LogP contribution in [0.3, 0.4) is 0 Å². The fourth-order valence-corrected chi connectivity index (χ4v) is 2.38. The van der Waals surface area contributed by atoms with E-state index < -0.39 is 40.5 Å². The Morgan fingerprint density at radius 3 is 2.46 bits per heavy atom. The summed E-state index contributed by atoms with van der Waals surface area (Å²) in [6.45, 7) is -0.200. The van der Waals surface area contributed by atoms with Crippen molar-refractivity contribution < 1.29 is 26.7 Å². The molecule has 0 aliphatic heterocycles. The third-order valence-electron chi connectivity index (χ3n) is 4.14. The second kappa shape index (κ2) is 7.70. The van der Waals surface area contributed by atoms with Gasteiger partial charge in [-0.25, -0.2) is 8.78 Å².